The molecular weight excluding hydrogens is 286 g/mol. The molecule has 21 heavy (non-hydrogen) atoms. The summed E-state index contributed by atoms with van der Waals surface area (Å²) >= 11 is 1.35. The van der Waals surface area contributed by atoms with Gasteiger partial charge >= 0.3 is 0 Å². The number of aliphatic imine (C=N–C) groups is 1. The molecule has 0 aliphatic rings. The molecule has 0 saturated heterocycles. The number of furan rings is 1. The topological polar surface area (TPSA) is 80.6 Å². The summed E-state index contributed by atoms with van der Waals surface area (Å²) in [5.41, 5.74) is 7.22. The van der Waals surface area contributed by atoms with E-state index in [0.29, 0.717) is 10.6 Å². The minimum atomic E-state index is -0.258. The monoisotopic (exact) mass is 299 g/mol. The molecule has 0 radical (unpaired) electrons. The first-order chi connectivity index (χ1) is 10.1. The molecule has 0 aliphatic heterocycles. The van der Waals surface area contributed by atoms with Gasteiger partial charge in [0.15, 0.2) is 0 Å². The van der Waals surface area contributed by atoms with E-state index in [1.165, 1.54) is 11.3 Å². The van der Waals surface area contributed by atoms with Crippen LogP contribution in [-0.4, -0.2) is 11.9 Å². The molecule has 0 saturated carbocycles. The Morgan fingerprint density at radius 1 is 1.33 bits per heavy atom. The number of fused-ring (bicyclic) bond motifs is 1. The van der Waals surface area contributed by atoms with E-state index < -0.39 is 0 Å². The van der Waals surface area contributed by atoms with Crippen LogP contribution in [0.5, 0.6) is 0 Å². The van der Waals surface area contributed by atoms with Gasteiger partial charge in [0.2, 0.25) is 5.96 Å². The van der Waals surface area contributed by atoms with Gasteiger partial charge in [-0.3, -0.25) is 10.1 Å². The van der Waals surface area contributed by atoms with Gasteiger partial charge in [-0.15, -0.1) is 11.3 Å². The third-order valence-corrected chi connectivity index (χ3v) is 3.73. The molecule has 0 bridgehead atoms. The van der Waals surface area contributed by atoms with Gasteiger partial charge in [-0.05, 0) is 42.6 Å². The van der Waals surface area contributed by atoms with E-state index >= 15 is 0 Å². The lowest BCUT2D eigenvalue weighted by molar-refractivity contribution is 0.0980. The quantitative estimate of drug-likeness (QED) is 0.563. The molecule has 0 fully saturated rings. The summed E-state index contributed by atoms with van der Waals surface area (Å²) in [5, 5.41) is 5.34. The van der Waals surface area contributed by atoms with Crippen LogP contribution >= 0.6 is 11.3 Å². The van der Waals surface area contributed by atoms with Crippen molar-refractivity contribution < 1.29 is 9.21 Å². The number of rotatable bonds is 2. The van der Waals surface area contributed by atoms with E-state index in [2.05, 4.69) is 10.3 Å². The number of nitrogens with two attached hydrogens (primary N) is 1. The first kappa shape index (κ1) is 13.4. The van der Waals surface area contributed by atoms with E-state index in [9.17, 15) is 4.79 Å². The molecule has 0 unspecified atom stereocenters. The molecule has 3 aromatic rings. The van der Waals surface area contributed by atoms with Crippen molar-refractivity contribution in [1.29, 1.82) is 0 Å². The van der Waals surface area contributed by atoms with Crippen LogP contribution in [0.3, 0.4) is 0 Å². The van der Waals surface area contributed by atoms with Crippen LogP contribution in [0.15, 0.2) is 51.2 Å². The Morgan fingerprint density at radius 3 is 2.95 bits per heavy atom. The molecule has 0 atom stereocenters. The van der Waals surface area contributed by atoms with E-state index in [1.807, 2.05) is 36.6 Å². The zero-order valence-corrected chi connectivity index (χ0v) is 12.1. The highest BCUT2D eigenvalue weighted by molar-refractivity contribution is 7.12. The number of carbonyl (C=O) groups excluding carboxylic acids is 1. The Kier molecular flexibility index (Phi) is 3.45. The summed E-state index contributed by atoms with van der Waals surface area (Å²) in [5.74, 6) is 0.643. The average molecular weight is 299 g/mol. The molecule has 3 N–H and O–H groups in total. The molecule has 0 spiro atoms. The van der Waals surface area contributed by atoms with Crippen LogP contribution in [0.25, 0.3) is 11.0 Å². The molecule has 1 aromatic carbocycles. The summed E-state index contributed by atoms with van der Waals surface area (Å²) in [6.45, 7) is 1.89. The largest absolute Gasteiger partial charge is 0.461 e. The van der Waals surface area contributed by atoms with Crippen molar-refractivity contribution in [2.24, 2.45) is 10.7 Å². The Bertz CT molecular complexity index is 819. The van der Waals surface area contributed by atoms with Gasteiger partial charge in [-0.2, -0.15) is 0 Å². The number of aryl methyl sites for hydroxylation is 1. The van der Waals surface area contributed by atoms with Crippen LogP contribution in [0.1, 0.15) is 15.4 Å². The number of thiophene rings is 1. The van der Waals surface area contributed by atoms with Crippen molar-refractivity contribution in [3.05, 3.63) is 52.4 Å². The number of hydrogen-bond donors (Lipinski definition) is 2. The standard InChI is InChI=1S/C15H13N3O2S/c1-9-7-10-8-11(4-5-12(10)20-9)17-15(16)18-14(19)13-3-2-6-21-13/h2-8H,1H3,(H3,16,17,18,19). The van der Waals surface area contributed by atoms with Crippen LogP contribution in [-0.2, 0) is 0 Å². The second-order valence-electron chi connectivity index (χ2n) is 4.51. The van der Waals surface area contributed by atoms with Crippen LogP contribution in [0.2, 0.25) is 0 Å². The number of hydrogen-bond acceptors (Lipinski definition) is 4. The van der Waals surface area contributed by atoms with Gasteiger partial charge in [0.1, 0.15) is 11.3 Å². The Labute approximate surface area is 125 Å². The second-order valence-corrected chi connectivity index (χ2v) is 5.46. The summed E-state index contributed by atoms with van der Waals surface area (Å²) in [7, 11) is 0. The second kappa shape index (κ2) is 5.41. The summed E-state index contributed by atoms with van der Waals surface area (Å²) < 4.78 is 5.49. The first-order valence-corrected chi connectivity index (χ1v) is 7.19. The van der Waals surface area contributed by atoms with E-state index in [-0.39, 0.29) is 11.9 Å². The highest BCUT2D eigenvalue weighted by Crippen LogP contribution is 2.24. The fourth-order valence-corrected chi connectivity index (χ4v) is 2.60. The molecular formula is C15H13N3O2S. The molecule has 3 rings (SSSR count). The molecule has 2 heterocycles. The number of amides is 1. The Hall–Kier alpha value is -2.60. The fourth-order valence-electron chi connectivity index (χ4n) is 1.99. The molecule has 2 aromatic heterocycles. The van der Waals surface area contributed by atoms with Crippen LogP contribution in [0.4, 0.5) is 5.69 Å². The Balaban J connectivity index is 1.80. The molecule has 1 amide bonds. The number of guanidine groups is 1. The normalized spacial score (nSPS) is 11.8. The van der Waals surface area contributed by atoms with Gasteiger partial charge in [-0.1, -0.05) is 6.07 Å². The van der Waals surface area contributed by atoms with Gasteiger partial charge in [-0.25, -0.2) is 4.99 Å². The van der Waals surface area contributed by atoms with Crippen molar-refractivity contribution in [2.75, 3.05) is 0 Å². The number of carbonyl (C=O) groups is 1. The van der Waals surface area contributed by atoms with Crippen LogP contribution < -0.4 is 11.1 Å². The van der Waals surface area contributed by atoms with E-state index in [4.69, 9.17) is 10.2 Å². The summed E-state index contributed by atoms with van der Waals surface area (Å²) in [6, 6.07) is 10.9. The van der Waals surface area contributed by atoms with Gasteiger partial charge in [0, 0.05) is 5.39 Å². The first-order valence-electron chi connectivity index (χ1n) is 6.31. The molecule has 6 heteroatoms. The molecule has 5 nitrogen and oxygen atoms in total. The molecule has 106 valence electrons. The van der Waals surface area contributed by atoms with E-state index in [0.717, 1.165) is 16.7 Å². The highest BCUT2D eigenvalue weighted by Gasteiger charge is 2.08. The maximum Gasteiger partial charge on any atom is 0.268 e. The maximum absolute atomic E-state index is 11.8. The van der Waals surface area contributed by atoms with Gasteiger partial charge < -0.3 is 10.2 Å². The van der Waals surface area contributed by atoms with Crippen molar-refractivity contribution in [1.82, 2.24) is 5.32 Å². The summed E-state index contributed by atoms with van der Waals surface area (Å²) in [6.07, 6.45) is 0. The number of benzene rings is 1. The highest BCUT2D eigenvalue weighted by atomic mass is 32.1. The van der Waals surface area contributed by atoms with Crippen molar-refractivity contribution in [3.63, 3.8) is 0 Å². The average Bonchev–Trinajstić information content (AvgIpc) is 3.05. The number of nitrogens with zero attached hydrogens (tertiary/aromatic N) is 1. The molecule has 0 aliphatic carbocycles. The lowest BCUT2D eigenvalue weighted by Crippen LogP contribution is -2.36. The lowest BCUT2D eigenvalue weighted by Gasteiger charge is -2.02. The summed E-state index contributed by atoms with van der Waals surface area (Å²) in [4.78, 5) is 16.6. The lowest BCUT2D eigenvalue weighted by atomic mass is 10.2. The van der Waals surface area contributed by atoms with Crippen molar-refractivity contribution >= 4 is 39.9 Å². The minimum Gasteiger partial charge on any atom is -0.461 e. The third kappa shape index (κ3) is 2.95. The van der Waals surface area contributed by atoms with E-state index in [1.54, 1.807) is 12.1 Å². The minimum absolute atomic E-state index is 0.0629. The zero-order chi connectivity index (χ0) is 14.8. The van der Waals surface area contributed by atoms with Crippen molar-refractivity contribution in [3.8, 4) is 0 Å². The van der Waals surface area contributed by atoms with Crippen molar-refractivity contribution in [2.45, 2.75) is 6.92 Å². The van der Waals surface area contributed by atoms with Gasteiger partial charge in [0.25, 0.3) is 5.91 Å². The predicted molar refractivity (Wildman–Crippen MR) is 84.0 cm³/mol. The Morgan fingerprint density at radius 2 is 2.19 bits per heavy atom. The SMILES string of the molecule is Cc1cc2cc(N=C(N)NC(=O)c3cccs3)ccc2o1. The van der Waals surface area contributed by atoms with Gasteiger partial charge in [0.05, 0.1) is 10.6 Å². The van der Waals surface area contributed by atoms with Crippen LogP contribution in [0, 0.1) is 6.92 Å². The predicted octanol–water partition coefficient (Wildman–Crippen LogP) is 3.18. The third-order valence-electron chi connectivity index (χ3n) is 2.86. The fraction of sp³-hybridized carbons (Fsp3) is 0.0667. The maximum atomic E-state index is 11.8. The smallest absolute Gasteiger partial charge is 0.268 e. The zero-order valence-electron chi connectivity index (χ0n) is 11.3. The number of nitrogens with one attached hydrogen (secondary N) is 1.